The van der Waals surface area contributed by atoms with E-state index in [2.05, 4.69) is 30.7 Å². The number of hydrogen-bond acceptors (Lipinski definition) is 4. The standard InChI is InChI=1S/C13H26N2O2/c1-6-11(12(16)17-7-2)15-9-8-14(5)13(3,4)10-15/h11H,6-10H2,1-5H3. The largest absolute Gasteiger partial charge is 0.465 e. The minimum Gasteiger partial charge on any atom is -0.465 e. The van der Waals surface area contributed by atoms with Gasteiger partial charge in [-0.25, -0.2) is 0 Å². The van der Waals surface area contributed by atoms with Crippen LogP contribution in [0.1, 0.15) is 34.1 Å². The van der Waals surface area contributed by atoms with Gasteiger partial charge in [-0.05, 0) is 34.2 Å². The summed E-state index contributed by atoms with van der Waals surface area (Å²) in [7, 11) is 2.14. The fourth-order valence-electron chi connectivity index (χ4n) is 2.36. The van der Waals surface area contributed by atoms with Crippen molar-refractivity contribution in [3.05, 3.63) is 0 Å². The number of carbonyl (C=O) groups is 1. The second-order valence-electron chi connectivity index (χ2n) is 5.38. The van der Waals surface area contributed by atoms with E-state index in [0.29, 0.717) is 6.61 Å². The van der Waals surface area contributed by atoms with E-state index in [1.54, 1.807) is 0 Å². The van der Waals surface area contributed by atoms with Crippen LogP contribution < -0.4 is 0 Å². The molecule has 0 spiro atoms. The van der Waals surface area contributed by atoms with Crippen molar-refractivity contribution in [3.63, 3.8) is 0 Å². The van der Waals surface area contributed by atoms with Gasteiger partial charge in [-0.15, -0.1) is 0 Å². The number of likely N-dealkylation sites (N-methyl/N-ethyl adjacent to an activating group) is 1. The Balaban J connectivity index is 2.68. The third-order valence-corrected chi connectivity index (χ3v) is 3.73. The summed E-state index contributed by atoms with van der Waals surface area (Å²) in [5.74, 6) is -0.0737. The quantitative estimate of drug-likeness (QED) is 0.697. The normalized spacial score (nSPS) is 23.4. The number of ether oxygens (including phenoxy) is 1. The summed E-state index contributed by atoms with van der Waals surface area (Å²) in [5.41, 5.74) is 0.123. The molecule has 1 aliphatic heterocycles. The zero-order valence-corrected chi connectivity index (χ0v) is 11.8. The van der Waals surface area contributed by atoms with Crippen molar-refractivity contribution in [1.29, 1.82) is 0 Å². The van der Waals surface area contributed by atoms with Gasteiger partial charge >= 0.3 is 5.97 Å². The molecule has 1 unspecified atom stereocenters. The highest BCUT2D eigenvalue weighted by atomic mass is 16.5. The Kier molecular flexibility index (Phi) is 4.95. The number of hydrogen-bond donors (Lipinski definition) is 0. The lowest BCUT2D eigenvalue weighted by molar-refractivity contribution is -0.151. The first-order valence-corrected chi connectivity index (χ1v) is 6.54. The average molecular weight is 242 g/mol. The second-order valence-corrected chi connectivity index (χ2v) is 5.38. The Bertz CT molecular complexity index is 266. The van der Waals surface area contributed by atoms with Crippen LogP contribution in [0.2, 0.25) is 0 Å². The molecular weight excluding hydrogens is 216 g/mol. The van der Waals surface area contributed by atoms with Crippen LogP contribution >= 0.6 is 0 Å². The van der Waals surface area contributed by atoms with Gasteiger partial charge in [0.15, 0.2) is 0 Å². The summed E-state index contributed by atoms with van der Waals surface area (Å²) < 4.78 is 5.15. The number of nitrogens with zero attached hydrogens (tertiary/aromatic N) is 2. The van der Waals surface area contributed by atoms with E-state index < -0.39 is 0 Å². The zero-order chi connectivity index (χ0) is 13.1. The van der Waals surface area contributed by atoms with Crippen LogP contribution in [0.3, 0.4) is 0 Å². The van der Waals surface area contributed by atoms with Gasteiger partial charge in [0.25, 0.3) is 0 Å². The highest BCUT2D eigenvalue weighted by molar-refractivity contribution is 5.75. The van der Waals surface area contributed by atoms with Gasteiger partial charge in [0.05, 0.1) is 6.61 Å². The minimum atomic E-state index is -0.0806. The zero-order valence-electron chi connectivity index (χ0n) is 11.8. The monoisotopic (exact) mass is 242 g/mol. The van der Waals surface area contributed by atoms with Crippen LogP contribution in [0.5, 0.6) is 0 Å². The third-order valence-electron chi connectivity index (χ3n) is 3.73. The summed E-state index contributed by atoms with van der Waals surface area (Å²) in [6, 6.07) is -0.0806. The van der Waals surface area contributed by atoms with Crippen LogP contribution in [0.25, 0.3) is 0 Å². The SMILES string of the molecule is CCOC(=O)C(CC)N1CCN(C)C(C)(C)C1. The van der Waals surface area contributed by atoms with Crippen molar-refractivity contribution in [2.75, 3.05) is 33.3 Å². The molecule has 0 amide bonds. The summed E-state index contributed by atoms with van der Waals surface area (Å²) in [5, 5.41) is 0. The molecule has 1 saturated heterocycles. The summed E-state index contributed by atoms with van der Waals surface area (Å²) >= 11 is 0. The van der Waals surface area contributed by atoms with E-state index in [9.17, 15) is 4.79 Å². The summed E-state index contributed by atoms with van der Waals surface area (Å²) in [6.07, 6.45) is 0.818. The Morgan fingerprint density at radius 2 is 2.00 bits per heavy atom. The molecule has 1 heterocycles. The van der Waals surface area contributed by atoms with Crippen molar-refractivity contribution in [2.24, 2.45) is 0 Å². The highest BCUT2D eigenvalue weighted by Crippen LogP contribution is 2.21. The molecule has 0 aromatic carbocycles. The molecule has 0 aliphatic carbocycles. The maximum Gasteiger partial charge on any atom is 0.323 e. The predicted molar refractivity (Wildman–Crippen MR) is 69.0 cm³/mol. The Morgan fingerprint density at radius 1 is 1.35 bits per heavy atom. The lowest BCUT2D eigenvalue weighted by Gasteiger charge is -2.47. The van der Waals surface area contributed by atoms with Crippen LogP contribution in [0.4, 0.5) is 0 Å². The van der Waals surface area contributed by atoms with E-state index >= 15 is 0 Å². The first-order chi connectivity index (χ1) is 7.92. The molecule has 1 fully saturated rings. The van der Waals surface area contributed by atoms with Crippen LogP contribution in [0, 0.1) is 0 Å². The number of piperazine rings is 1. The smallest absolute Gasteiger partial charge is 0.323 e. The molecule has 0 aromatic rings. The maximum absolute atomic E-state index is 11.9. The average Bonchev–Trinajstić information content (AvgIpc) is 2.24. The first kappa shape index (κ1) is 14.5. The molecule has 4 heteroatoms. The van der Waals surface area contributed by atoms with Gasteiger partial charge in [0.1, 0.15) is 6.04 Å². The molecule has 0 aromatic heterocycles. The van der Waals surface area contributed by atoms with Crippen molar-refractivity contribution in [3.8, 4) is 0 Å². The van der Waals surface area contributed by atoms with E-state index in [0.717, 1.165) is 26.1 Å². The van der Waals surface area contributed by atoms with Gasteiger partial charge in [-0.3, -0.25) is 14.6 Å². The lowest BCUT2D eigenvalue weighted by Crippen LogP contribution is -2.61. The molecule has 4 nitrogen and oxygen atoms in total. The van der Waals surface area contributed by atoms with Crippen LogP contribution in [-0.2, 0) is 9.53 Å². The van der Waals surface area contributed by atoms with Crippen molar-refractivity contribution in [1.82, 2.24) is 9.80 Å². The van der Waals surface area contributed by atoms with Crippen molar-refractivity contribution < 1.29 is 9.53 Å². The first-order valence-electron chi connectivity index (χ1n) is 6.54. The number of rotatable bonds is 4. The maximum atomic E-state index is 11.9. The minimum absolute atomic E-state index is 0.0737. The van der Waals surface area contributed by atoms with Gasteiger partial charge in [0, 0.05) is 25.2 Å². The van der Waals surface area contributed by atoms with Crippen molar-refractivity contribution in [2.45, 2.75) is 45.7 Å². The Hall–Kier alpha value is -0.610. The molecular formula is C13H26N2O2. The van der Waals surface area contributed by atoms with E-state index in [1.807, 2.05) is 13.8 Å². The predicted octanol–water partition coefficient (Wildman–Crippen LogP) is 1.35. The molecule has 0 N–H and O–H groups in total. The lowest BCUT2D eigenvalue weighted by atomic mass is 9.98. The van der Waals surface area contributed by atoms with Crippen molar-refractivity contribution >= 4 is 5.97 Å². The topological polar surface area (TPSA) is 32.8 Å². The fraction of sp³-hybridized carbons (Fsp3) is 0.923. The molecule has 1 atom stereocenters. The van der Waals surface area contributed by atoms with Gasteiger partial charge in [0.2, 0.25) is 0 Å². The molecule has 1 aliphatic rings. The van der Waals surface area contributed by atoms with E-state index in [1.165, 1.54) is 0 Å². The third kappa shape index (κ3) is 3.42. The Labute approximate surface area is 105 Å². The fourth-order valence-corrected chi connectivity index (χ4v) is 2.36. The number of carbonyl (C=O) groups excluding carboxylic acids is 1. The number of esters is 1. The molecule has 1 rings (SSSR count). The Morgan fingerprint density at radius 3 is 2.47 bits per heavy atom. The molecule has 0 bridgehead atoms. The van der Waals surface area contributed by atoms with Gasteiger partial charge in [-0.2, -0.15) is 0 Å². The highest BCUT2D eigenvalue weighted by Gasteiger charge is 2.36. The summed E-state index contributed by atoms with van der Waals surface area (Å²) in [6.45, 7) is 11.7. The van der Waals surface area contributed by atoms with E-state index in [4.69, 9.17) is 4.74 Å². The van der Waals surface area contributed by atoms with Gasteiger partial charge < -0.3 is 4.74 Å². The second kappa shape index (κ2) is 5.83. The van der Waals surface area contributed by atoms with Gasteiger partial charge in [-0.1, -0.05) is 6.92 Å². The van der Waals surface area contributed by atoms with E-state index in [-0.39, 0.29) is 17.6 Å². The van der Waals surface area contributed by atoms with Crippen LogP contribution in [0.15, 0.2) is 0 Å². The molecule has 0 radical (unpaired) electrons. The molecule has 0 saturated carbocycles. The van der Waals surface area contributed by atoms with Crippen LogP contribution in [-0.4, -0.2) is 60.6 Å². The molecule has 17 heavy (non-hydrogen) atoms. The molecule has 100 valence electrons. The summed E-state index contributed by atoms with van der Waals surface area (Å²) in [4.78, 5) is 16.5.